The maximum Gasteiger partial charge on any atom is 0.414 e. The molecule has 34 heavy (non-hydrogen) atoms. The first kappa shape index (κ1) is 20.9. The van der Waals surface area contributed by atoms with Gasteiger partial charge >= 0.3 is 6.09 Å². The Hall–Kier alpha value is -3.62. The van der Waals surface area contributed by atoms with E-state index in [1.807, 2.05) is 12.1 Å². The van der Waals surface area contributed by atoms with Crippen molar-refractivity contribution in [3.8, 4) is 17.3 Å². The Balaban J connectivity index is 1.20. The highest BCUT2D eigenvalue weighted by atomic mass is 16.6. The van der Waals surface area contributed by atoms with Gasteiger partial charge in [0, 0.05) is 36.5 Å². The average Bonchev–Trinajstić information content (AvgIpc) is 3.42. The zero-order chi connectivity index (χ0) is 23.3. The third kappa shape index (κ3) is 3.74. The summed E-state index contributed by atoms with van der Waals surface area (Å²) in [5.74, 6) is 1.66. The van der Waals surface area contributed by atoms with Crippen molar-refractivity contribution in [3.63, 3.8) is 0 Å². The van der Waals surface area contributed by atoms with E-state index in [2.05, 4.69) is 20.7 Å². The minimum atomic E-state index is -0.491. The summed E-state index contributed by atoms with van der Waals surface area (Å²) in [4.78, 5) is 30.1. The topological polar surface area (TPSA) is 111 Å². The van der Waals surface area contributed by atoms with Crippen LogP contribution < -0.4 is 15.4 Å². The van der Waals surface area contributed by atoms with E-state index in [1.54, 1.807) is 48.5 Å². The summed E-state index contributed by atoms with van der Waals surface area (Å²) in [6, 6.07) is 10.6. The predicted molar refractivity (Wildman–Crippen MR) is 122 cm³/mol. The number of ether oxygens (including phenoxy) is 1. The number of rotatable bonds is 5. The molecular formula is C25H27N5O4. The van der Waals surface area contributed by atoms with Crippen LogP contribution in [0.5, 0.6) is 5.88 Å². The molecule has 4 aliphatic rings. The molecule has 2 N–H and O–H groups in total. The minimum Gasteiger partial charge on any atom is -0.463 e. The summed E-state index contributed by atoms with van der Waals surface area (Å²) >= 11 is 0. The van der Waals surface area contributed by atoms with Crippen LogP contribution in [0.4, 0.5) is 4.79 Å². The molecule has 0 saturated heterocycles. The van der Waals surface area contributed by atoms with E-state index in [-0.39, 0.29) is 22.9 Å². The van der Waals surface area contributed by atoms with Crippen molar-refractivity contribution < 1.29 is 18.7 Å². The fourth-order valence-electron chi connectivity index (χ4n) is 6.84. The van der Waals surface area contributed by atoms with Gasteiger partial charge < -0.3 is 19.8 Å². The van der Waals surface area contributed by atoms with Gasteiger partial charge in [-0.15, -0.1) is 0 Å². The van der Waals surface area contributed by atoms with E-state index in [1.165, 1.54) is 0 Å². The first-order valence-corrected chi connectivity index (χ1v) is 11.7. The lowest BCUT2D eigenvalue weighted by molar-refractivity contribution is -0.0450. The Morgan fingerprint density at radius 1 is 1.09 bits per heavy atom. The van der Waals surface area contributed by atoms with Gasteiger partial charge in [0.1, 0.15) is 5.69 Å². The molecule has 0 spiro atoms. The molecule has 4 bridgehead atoms. The molecule has 9 heteroatoms. The summed E-state index contributed by atoms with van der Waals surface area (Å²) in [5, 5.41) is 10.9. The molecule has 9 nitrogen and oxygen atoms in total. The Labute approximate surface area is 196 Å². The van der Waals surface area contributed by atoms with Crippen LogP contribution in [0, 0.1) is 11.8 Å². The number of nitrogens with one attached hydrogen (secondary N) is 2. The van der Waals surface area contributed by atoms with Crippen LogP contribution in [-0.4, -0.2) is 37.8 Å². The third-order valence-electron chi connectivity index (χ3n) is 7.53. The standard InChI is InChI=1S/C25H27N5O4/c1-30-19(20-5-4-8-33-20)10-18(29-30)22(31)27-24-11-16-9-17(12-24)14-25(13-16,15-24)28-23(32)34-21-6-2-3-7-26-21/h2-8,10,16-17H,9,11-15H2,1H3,(H,27,31)(H,28,32). The number of aromatic nitrogens is 3. The van der Waals surface area contributed by atoms with Crippen LogP contribution >= 0.6 is 0 Å². The lowest BCUT2D eigenvalue weighted by Gasteiger charge is -2.61. The number of hydrogen-bond donors (Lipinski definition) is 2. The van der Waals surface area contributed by atoms with Gasteiger partial charge in [-0.05, 0) is 68.6 Å². The second kappa shape index (κ2) is 7.72. The maximum atomic E-state index is 13.3. The molecule has 0 radical (unpaired) electrons. The van der Waals surface area contributed by atoms with E-state index >= 15 is 0 Å². The lowest BCUT2D eigenvalue weighted by Crippen LogP contribution is -2.70. The minimum absolute atomic E-state index is 0.193. The lowest BCUT2D eigenvalue weighted by atomic mass is 9.50. The van der Waals surface area contributed by atoms with Gasteiger partial charge in [-0.3, -0.25) is 9.48 Å². The van der Waals surface area contributed by atoms with Crippen molar-refractivity contribution in [3.05, 3.63) is 54.6 Å². The van der Waals surface area contributed by atoms with Gasteiger partial charge in [0.15, 0.2) is 11.5 Å². The van der Waals surface area contributed by atoms with Crippen molar-refractivity contribution >= 4 is 12.0 Å². The molecule has 4 fully saturated rings. The van der Waals surface area contributed by atoms with Crippen LogP contribution in [-0.2, 0) is 7.05 Å². The fraction of sp³-hybridized carbons (Fsp3) is 0.440. The molecule has 3 aromatic heterocycles. The number of pyridine rings is 1. The number of hydrogen-bond acceptors (Lipinski definition) is 6. The normalized spacial score (nSPS) is 29.1. The molecule has 176 valence electrons. The highest BCUT2D eigenvalue weighted by Crippen LogP contribution is 2.57. The number of carbonyl (C=O) groups excluding carboxylic acids is 2. The number of nitrogens with zero attached hydrogens (tertiary/aromatic N) is 3. The van der Waals surface area contributed by atoms with Crippen molar-refractivity contribution in [2.24, 2.45) is 18.9 Å². The molecule has 4 saturated carbocycles. The number of amides is 2. The molecule has 0 aromatic carbocycles. The van der Waals surface area contributed by atoms with Gasteiger partial charge in [-0.1, -0.05) is 6.07 Å². The summed E-state index contributed by atoms with van der Waals surface area (Å²) in [6.45, 7) is 0. The summed E-state index contributed by atoms with van der Waals surface area (Å²) in [5.41, 5.74) is 0.367. The molecular weight excluding hydrogens is 434 g/mol. The molecule has 7 rings (SSSR count). The smallest absolute Gasteiger partial charge is 0.414 e. The Morgan fingerprint density at radius 2 is 1.85 bits per heavy atom. The molecule has 2 amide bonds. The van der Waals surface area contributed by atoms with Gasteiger partial charge in [0.25, 0.3) is 5.91 Å². The molecule has 2 unspecified atom stereocenters. The third-order valence-corrected chi connectivity index (χ3v) is 7.53. The Bertz CT molecular complexity index is 1210. The quantitative estimate of drug-likeness (QED) is 0.600. The highest BCUT2D eigenvalue weighted by molar-refractivity contribution is 5.94. The van der Waals surface area contributed by atoms with Crippen molar-refractivity contribution in [2.75, 3.05) is 0 Å². The monoisotopic (exact) mass is 461 g/mol. The Morgan fingerprint density at radius 3 is 2.53 bits per heavy atom. The van der Waals surface area contributed by atoms with Crippen LogP contribution in [0.1, 0.15) is 49.0 Å². The number of carbonyl (C=O) groups is 2. The first-order valence-electron chi connectivity index (χ1n) is 11.7. The summed E-state index contributed by atoms with van der Waals surface area (Å²) in [7, 11) is 1.80. The van der Waals surface area contributed by atoms with Gasteiger partial charge in [-0.2, -0.15) is 5.10 Å². The predicted octanol–water partition coefficient (Wildman–Crippen LogP) is 3.68. The number of furan rings is 1. The molecule has 3 aromatic rings. The van der Waals surface area contributed by atoms with Crippen LogP contribution in [0.15, 0.2) is 53.3 Å². The van der Waals surface area contributed by atoms with E-state index in [4.69, 9.17) is 9.15 Å². The zero-order valence-corrected chi connectivity index (χ0v) is 19.0. The first-order chi connectivity index (χ1) is 16.4. The Kier molecular flexibility index (Phi) is 4.75. The summed E-state index contributed by atoms with van der Waals surface area (Å²) in [6.07, 6.45) is 8.19. The number of aryl methyl sites for hydroxylation is 1. The van der Waals surface area contributed by atoms with Crippen molar-refractivity contribution in [2.45, 2.75) is 49.6 Å². The van der Waals surface area contributed by atoms with Crippen molar-refractivity contribution in [1.82, 2.24) is 25.4 Å². The average molecular weight is 462 g/mol. The van der Waals surface area contributed by atoms with E-state index in [9.17, 15) is 9.59 Å². The second-order valence-corrected chi connectivity index (χ2v) is 10.2. The van der Waals surface area contributed by atoms with E-state index in [0.29, 0.717) is 29.7 Å². The van der Waals surface area contributed by atoms with Crippen LogP contribution in [0.25, 0.3) is 11.5 Å². The zero-order valence-electron chi connectivity index (χ0n) is 19.0. The molecule has 3 heterocycles. The van der Waals surface area contributed by atoms with Crippen molar-refractivity contribution in [1.29, 1.82) is 0 Å². The SMILES string of the molecule is Cn1nc(C(=O)NC23CC4CC(CC(NC(=O)Oc5ccccn5)(C4)C2)C3)cc1-c1ccco1. The van der Waals surface area contributed by atoms with Gasteiger partial charge in [0.05, 0.1) is 6.26 Å². The second-order valence-electron chi connectivity index (χ2n) is 10.2. The van der Waals surface area contributed by atoms with E-state index in [0.717, 1.165) is 37.8 Å². The fourth-order valence-corrected chi connectivity index (χ4v) is 6.84. The highest BCUT2D eigenvalue weighted by Gasteiger charge is 2.59. The largest absolute Gasteiger partial charge is 0.463 e. The molecule has 4 aliphatic carbocycles. The molecule has 2 atom stereocenters. The van der Waals surface area contributed by atoms with Crippen LogP contribution in [0.3, 0.4) is 0 Å². The van der Waals surface area contributed by atoms with E-state index < -0.39 is 6.09 Å². The maximum absolute atomic E-state index is 13.3. The van der Waals surface area contributed by atoms with Crippen LogP contribution in [0.2, 0.25) is 0 Å². The molecule has 0 aliphatic heterocycles. The van der Waals surface area contributed by atoms with Gasteiger partial charge in [0.2, 0.25) is 5.88 Å². The summed E-state index contributed by atoms with van der Waals surface area (Å²) < 4.78 is 12.5. The van der Waals surface area contributed by atoms with Gasteiger partial charge in [-0.25, -0.2) is 9.78 Å².